The summed E-state index contributed by atoms with van der Waals surface area (Å²) in [5.41, 5.74) is 11.4. The Balaban J connectivity index is 0.00000324. The first kappa shape index (κ1) is 17.5. The minimum absolute atomic E-state index is 0. The van der Waals surface area contributed by atoms with Gasteiger partial charge < -0.3 is 21.8 Å². The van der Waals surface area contributed by atoms with Crippen molar-refractivity contribution in [1.82, 2.24) is 10.3 Å². The summed E-state index contributed by atoms with van der Waals surface area (Å²) >= 11 is 0. The SMILES string of the molecule is CCC(N)(CC)CNC(=O)c1cc(C(N)=O)c[nH]1.Cl. The molecule has 0 unspecified atom stereocenters. The summed E-state index contributed by atoms with van der Waals surface area (Å²) in [7, 11) is 0. The topological polar surface area (TPSA) is 114 Å². The smallest absolute Gasteiger partial charge is 0.267 e. The average molecular weight is 289 g/mol. The molecule has 0 saturated carbocycles. The Labute approximate surface area is 118 Å². The number of primary amides is 1. The maximum Gasteiger partial charge on any atom is 0.267 e. The summed E-state index contributed by atoms with van der Waals surface area (Å²) in [6.45, 7) is 4.36. The van der Waals surface area contributed by atoms with Gasteiger partial charge in [-0.2, -0.15) is 0 Å². The van der Waals surface area contributed by atoms with Crippen LogP contribution >= 0.6 is 12.4 Å². The third kappa shape index (κ3) is 4.57. The van der Waals surface area contributed by atoms with Gasteiger partial charge in [-0.1, -0.05) is 13.8 Å². The summed E-state index contributed by atoms with van der Waals surface area (Å²) in [5, 5.41) is 2.75. The molecule has 0 aromatic carbocycles. The van der Waals surface area contributed by atoms with E-state index >= 15 is 0 Å². The fraction of sp³-hybridized carbons (Fsp3) is 0.500. The van der Waals surface area contributed by atoms with Gasteiger partial charge in [0.2, 0.25) is 5.91 Å². The van der Waals surface area contributed by atoms with Gasteiger partial charge in [-0.25, -0.2) is 0 Å². The molecule has 1 aromatic rings. The van der Waals surface area contributed by atoms with Crippen LogP contribution in [0.25, 0.3) is 0 Å². The number of amides is 2. The van der Waals surface area contributed by atoms with Gasteiger partial charge in [0.25, 0.3) is 5.91 Å². The Hall–Kier alpha value is -1.53. The van der Waals surface area contributed by atoms with Crippen LogP contribution in [0.15, 0.2) is 12.3 Å². The molecule has 108 valence electrons. The Kier molecular flexibility index (Phi) is 6.58. The number of aromatic nitrogens is 1. The van der Waals surface area contributed by atoms with Gasteiger partial charge in [-0.15, -0.1) is 12.4 Å². The molecule has 1 heterocycles. The first-order valence-corrected chi connectivity index (χ1v) is 5.97. The monoisotopic (exact) mass is 288 g/mol. The zero-order valence-corrected chi connectivity index (χ0v) is 12.0. The van der Waals surface area contributed by atoms with E-state index in [1.165, 1.54) is 12.3 Å². The Morgan fingerprint density at radius 3 is 2.37 bits per heavy atom. The molecular formula is C12H21ClN4O2. The van der Waals surface area contributed by atoms with Crippen LogP contribution in [0.2, 0.25) is 0 Å². The number of hydrogen-bond acceptors (Lipinski definition) is 3. The molecule has 0 atom stereocenters. The second-order valence-corrected chi connectivity index (χ2v) is 4.42. The lowest BCUT2D eigenvalue weighted by molar-refractivity contribution is 0.0937. The summed E-state index contributed by atoms with van der Waals surface area (Å²) in [6, 6.07) is 1.42. The molecule has 0 aliphatic rings. The molecule has 1 aromatic heterocycles. The normalized spacial score (nSPS) is 10.7. The molecular weight excluding hydrogens is 268 g/mol. The Morgan fingerprint density at radius 1 is 1.37 bits per heavy atom. The summed E-state index contributed by atoms with van der Waals surface area (Å²) in [4.78, 5) is 25.4. The number of carbonyl (C=O) groups is 2. The molecule has 0 aliphatic carbocycles. The van der Waals surface area contributed by atoms with Crippen LogP contribution in [-0.4, -0.2) is 28.9 Å². The zero-order chi connectivity index (χ0) is 13.8. The maximum absolute atomic E-state index is 11.8. The minimum atomic E-state index is -0.569. The van der Waals surface area contributed by atoms with Crippen LogP contribution in [-0.2, 0) is 0 Å². The minimum Gasteiger partial charge on any atom is -0.366 e. The fourth-order valence-electron chi connectivity index (χ4n) is 1.52. The average Bonchev–Trinajstić information content (AvgIpc) is 2.85. The number of carbonyl (C=O) groups excluding carboxylic acids is 2. The van der Waals surface area contributed by atoms with Crippen molar-refractivity contribution in [2.75, 3.05) is 6.54 Å². The first-order chi connectivity index (χ1) is 8.41. The number of aromatic amines is 1. The molecule has 0 aliphatic heterocycles. The van der Waals surface area contributed by atoms with E-state index in [0.717, 1.165) is 12.8 Å². The van der Waals surface area contributed by atoms with Crippen LogP contribution in [0.4, 0.5) is 0 Å². The number of hydrogen-bond donors (Lipinski definition) is 4. The van der Waals surface area contributed by atoms with E-state index in [-0.39, 0.29) is 23.9 Å². The second-order valence-electron chi connectivity index (χ2n) is 4.42. The van der Waals surface area contributed by atoms with E-state index in [9.17, 15) is 9.59 Å². The summed E-state index contributed by atoms with van der Waals surface area (Å²) in [6.07, 6.45) is 2.97. The van der Waals surface area contributed by atoms with E-state index < -0.39 is 11.4 Å². The highest BCUT2D eigenvalue weighted by Gasteiger charge is 2.21. The van der Waals surface area contributed by atoms with Crippen molar-refractivity contribution in [3.63, 3.8) is 0 Å². The molecule has 19 heavy (non-hydrogen) atoms. The van der Waals surface area contributed by atoms with Crippen LogP contribution in [0, 0.1) is 0 Å². The number of halogens is 1. The van der Waals surface area contributed by atoms with Gasteiger partial charge in [0.05, 0.1) is 5.56 Å². The van der Waals surface area contributed by atoms with Crippen LogP contribution in [0.3, 0.4) is 0 Å². The molecule has 7 heteroatoms. The lowest BCUT2D eigenvalue weighted by atomic mass is 9.94. The van der Waals surface area contributed by atoms with Crippen molar-refractivity contribution in [1.29, 1.82) is 0 Å². The van der Waals surface area contributed by atoms with E-state index in [4.69, 9.17) is 11.5 Å². The van der Waals surface area contributed by atoms with Gasteiger partial charge in [0.15, 0.2) is 0 Å². The van der Waals surface area contributed by atoms with Crippen molar-refractivity contribution < 1.29 is 9.59 Å². The van der Waals surface area contributed by atoms with Crippen LogP contribution in [0.1, 0.15) is 47.5 Å². The van der Waals surface area contributed by atoms with Crippen molar-refractivity contribution in [2.24, 2.45) is 11.5 Å². The van der Waals surface area contributed by atoms with Gasteiger partial charge in [0.1, 0.15) is 5.69 Å². The first-order valence-electron chi connectivity index (χ1n) is 5.97. The molecule has 0 radical (unpaired) electrons. The largest absolute Gasteiger partial charge is 0.366 e. The highest BCUT2D eigenvalue weighted by atomic mass is 35.5. The third-order valence-corrected chi connectivity index (χ3v) is 3.22. The third-order valence-electron chi connectivity index (χ3n) is 3.22. The van der Waals surface area contributed by atoms with Crippen LogP contribution < -0.4 is 16.8 Å². The van der Waals surface area contributed by atoms with Gasteiger partial charge in [0, 0.05) is 18.3 Å². The molecule has 0 fully saturated rings. The predicted molar refractivity (Wildman–Crippen MR) is 76.4 cm³/mol. The van der Waals surface area contributed by atoms with Gasteiger partial charge >= 0.3 is 0 Å². The Bertz CT molecular complexity index is 441. The van der Waals surface area contributed by atoms with E-state index in [1.54, 1.807) is 0 Å². The molecule has 1 rings (SSSR count). The standard InChI is InChI=1S/C12H20N4O2.ClH/c1-3-12(14,4-2)7-16-11(18)9-5-8(6-15-9)10(13)17;/h5-6,15H,3-4,7,14H2,1-2H3,(H2,13,17)(H,16,18);1H. The van der Waals surface area contributed by atoms with Crippen molar-refractivity contribution in [3.05, 3.63) is 23.5 Å². The highest BCUT2D eigenvalue weighted by molar-refractivity contribution is 5.98. The molecule has 0 bridgehead atoms. The molecule has 0 spiro atoms. The van der Waals surface area contributed by atoms with E-state index in [1.807, 2.05) is 13.8 Å². The lowest BCUT2D eigenvalue weighted by Crippen LogP contribution is -2.49. The molecule has 6 N–H and O–H groups in total. The molecule has 6 nitrogen and oxygen atoms in total. The number of rotatable bonds is 6. The zero-order valence-electron chi connectivity index (χ0n) is 11.2. The summed E-state index contributed by atoms with van der Waals surface area (Å²) in [5.74, 6) is -0.861. The van der Waals surface area contributed by atoms with Crippen molar-refractivity contribution in [3.8, 4) is 0 Å². The predicted octanol–water partition coefficient (Wildman–Crippen LogP) is 0.783. The number of H-pyrrole nitrogens is 1. The quantitative estimate of drug-likeness (QED) is 0.620. The molecule has 0 saturated heterocycles. The van der Waals surface area contributed by atoms with Gasteiger partial charge in [-0.3, -0.25) is 9.59 Å². The maximum atomic E-state index is 11.8. The summed E-state index contributed by atoms with van der Waals surface area (Å²) < 4.78 is 0. The Morgan fingerprint density at radius 2 is 1.95 bits per heavy atom. The van der Waals surface area contributed by atoms with Crippen molar-refractivity contribution in [2.45, 2.75) is 32.2 Å². The van der Waals surface area contributed by atoms with Crippen LogP contribution in [0.5, 0.6) is 0 Å². The molecule has 2 amide bonds. The highest BCUT2D eigenvalue weighted by Crippen LogP contribution is 2.10. The fourth-order valence-corrected chi connectivity index (χ4v) is 1.52. The van der Waals surface area contributed by atoms with Crippen molar-refractivity contribution >= 4 is 24.2 Å². The number of nitrogens with one attached hydrogen (secondary N) is 2. The van der Waals surface area contributed by atoms with E-state index in [2.05, 4.69) is 10.3 Å². The lowest BCUT2D eigenvalue weighted by Gasteiger charge is -2.26. The van der Waals surface area contributed by atoms with Gasteiger partial charge in [-0.05, 0) is 18.9 Å². The second kappa shape index (κ2) is 7.16. The number of nitrogens with two attached hydrogens (primary N) is 2. The van der Waals surface area contributed by atoms with E-state index in [0.29, 0.717) is 12.2 Å².